The summed E-state index contributed by atoms with van der Waals surface area (Å²) in [6, 6.07) is 17.6. The first kappa shape index (κ1) is 25.0. The minimum Gasteiger partial charge on any atom is -0.350 e. The molecule has 3 aromatic carbocycles. The molecular formula is C26H20BrCl2N3O3. The second kappa shape index (κ2) is 10.2. The lowest BCUT2D eigenvalue weighted by Gasteiger charge is -2.18. The molecule has 0 unspecified atom stereocenters. The molecule has 0 spiro atoms. The smallest absolute Gasteiger partial charge is 0.283 e. The first-order valence-electron chi connectivity index (χ1n) is 10.6. The molecule has 3 aromatic rings. The molecule has 9 heteroatoms. The number of carbonyl (C=O) groups excluding carboxylic acids is 3. The van der Waals surface area contributed by atoms with Crippen LogP contribution in [0.2, 0.25) is 5.02 Å². The van der Waals surface area contributed by atoms with E-state index in [-0.39, 0.29) is 23.1 Å². The molecule has 0 radical (unpaired) electrons. The van der Waals surface area contributed by atoms with Crippen LogP contribution < -0.4 is 15.5 Å². The van der Waals surface area contributed by atoms with E-state index in [0.717, 1.165) is 26.2 Å². The highest BCUT2D eigenvalue weighted by molar-refractivity contribution is 9.10. The summed E-state index contributed by atoms with van der Waals surface area (Å²) in [4.78, 5) is 39.2. The summed E-state index contributed by atoms with van der Waals surface area (Å²) in [6.07, 6.45) is 0.179. The predicted molar refractivity (Wildman–Crippen MR) is 143 cm³/mol. The lowest BCUT2D eigenvalue weighted by atomic mass is 10.1. The number of hydrogen-bond donors (Lipinski definition) is 2. The first-order chi connectivity index (χ1) is 16.7. The highest BCUT2D eigenvalue weighted by Crippen LogP contribution is 2.34. The van der Waals surface area contributed by atoms with Crippen molar-refractivity contribution in [2.75, 3.05) is 15.5 Å². The van der Waals surface area contributed by atoms with Gasteiger partial charge in [0.1, 0.15) is 10.7 Å². The summed E-state index contributed by atoms with van der Waals surface area (Å²) in [7, 11) is 0. The second-order valence-corrected chi connectivity index (χ2v) is 9.73. The second-order valence-electron chi connectivity index (χ2n) is 8.02. The zero-order valence-corrected chi connectivity index (χ0v) is 21.9. The number of nitrogens with one attached hydrogen (secondary N) is 2. The van der Waals surface area contributed by atoms with Gasteiger partial charge in [-0.3, -0.25) is 14.4 Å². The fraction of sp³-hybridized carbons (Fsp3) is 0.115. The maximum absolute atomic E-state index is 13.0. The molecule has 178 valence electrons. The fourth-order valence-corrected chi connectivity index (χ4v) is 4.52. The van der Waals surface area contributed by atoms with Gasteiger partial charge in [-0.25, -0.2) is 4.90 Å². The van der Waals surface area contributed by atoms with E-state index < -0.39 is 11.8 Å². The van der Waals surface area contributed by atoms with Crippen LogP contribution in [0, 0.1) is 13.8 Å². The normalized spacial score (nSPS) is 13.5. The number of aryl methyl sites for hydroxylation is 1. The monoisotopic (exact) mass is 571 g/mol. The molecular weight excluding hydrogens is 553 g/mol. The molecule has 1 aliphatic heterocycles. The SMILES string of the molecule is Cc1cc(Br)ccc1NC(=O)Cc1ccc(NC2=C(Cl)C(=O)N(c3cccc(Cl)c3C)C2=O)cc1. The zero-order chi connectivity index (χ0) is 25.3. The average Bonchev–Trinajstić information content (AvgIpc) is 3.02. The van der Waals surface area contributed by atoms with Gasteiger partial charge in [-0.2, -0.15) is 0 Å². The van der Waals surface area contributed by atoms with E-state index in [1.807, 2.05) is 25.1 Å². The third kappa shape index (κ3) is 5.27. The molecule has 0 saturated heterocycles. The Morgan fingerprint density at radius 2 is 1.69 bits per heavy atom. The molecule has 4 rings (SSSR count). The van der Waals surface area contributed by atoms with Gasteiger partial charge < -0.3 is 10.6 Å². The molecule has 0 bridgehead atoms. The van der Waals surface area contributed by atoms with Gasteiger partial charge in [0.15, 0.2) is 0 Å². The molecule has 3 amide bonds. The van der Waals surface area contributed by atoms with Crippen LogP contribution in [0.5, 0.6) is 0 Å². The largest absolute Gasteiger partial charge is 0.350 e. The van der Waals surface area contributed by atoms with Crippen LogP contribution in [0.25, 0.3) is 0 Å². The fourth-order valence-electron chi connectivity index (χ4n) is 3.67. The number of benzene rings is 3. The van der Waals surface area contributed by atoms with Crippen LogP contribution in [0.15, 0.2) is 75.9 Å². The van der Waals surface area contributed by atoms with Crippen molar-refractivity contribution in [3.05, 3.63) is 97.6 Å². The van der Waals surface area contributed by atoms with E-state index in [1.54, 1.807) is 49.4 Å². The Morgan fingerprint density at radius 1 is 0.971 bits per heavy atom. The standard InChI is InChI=1S/C26H20BrCl2N3O3/c1-14-12-17(27)8-11-20(14)31-22(33)13-16-6-9-18(10-7-16)30-24-23(29)25(34)32(26(24)35)21-5-3-4-19(28)15(21)2/h3-12,30H,13H2,1-2H3,(H,31,33). The van der Waals surface area contributed by atoms with E-state index in [2.05, 4.69) is 26.6 Å². The Morgan fingerprint density at radius 3 is 2.37 bits per heavy atom. The van der Waals surface area contributed by atoms with Crippen LogP contribution in [0.3, 0.4) is 0 Å². The molecule has 0 atom stereocenters. The number of carbonyl (C=O) groups is 3. The number of halogens is 3. The molecule has 6 nitrogen and oxygen atoms in total. The van der Waals surface area contributed by atoms with Crippen molar-refractivity contribution >= 4 is 73.9 Å². The van der Waals surface area contributed by atoms with Crippen molar-refractivity contribution in [2.24, 2.45) is 0 Å². The minimum atomic E-state index is -0.624. The summed E-state index contributed by atoms with van der Waals surface area (Å²) in [5.41, 5.74) is 4.00. The predicted octanol–water partition coefficient (Wildman–Crippen LogP) is 6.34. The van der Waals surface area contributed by atoms with Gasteiger partial charge in [0.25, 0.3) is 11.8 Å². The van der Waals surface area contributed by atoms with Crippen LogP contribution in [0.1, 0.15) is 16.7 Å². The van der Waals surface area contributed by atoms with Crippen LogP contribution in [-0.4, -0.2) is 17.7 Å². The van der Waals surface area contributed by atoms with E-state index in [4.69, 9.17) is 23.2 Å². The molecule has 0 aliphatic carbocycles. The molecule has 1 aliphatic rings. The number of rotatable bonds is 6. The number of anilines is 3. The Hall–Kier alpha value is -3.13. The topological polar surface area (TPSA) is 78.5 Å². The zero-order valence-electron chi connectivity index (χ0n) is 18.8. The Kier molecular flexibility index (Phi) is 7.31. The summed E-state index contributed by atoms with van der Waals surface area (Å²) in [5.74, 6) is -1.34. The van der Waals surface area contributed by atoms with Crippen LogP contribution in [-0.2, 0) is 20.8 Å². The third-order valence-corrected chi connectivity index (χ3v) is 6.81. The molecule has 0 fully saturated rings. The highest BCUT2D eigenvalue weighted by atomic mass is 79.9. The number of amides is 3. The molecule has 35 heavy (non-hydrogen) atoms. The van der Waals surface area contributed by atoms with E-state index in [0.29, 0.717) is 22.0 Å². The quantitative estimate of drug-likeness (QED) is 0.338. The van der Waals surface area contributed by atoms with Gasteiger partial charge in [0, 0.05) is 20.9 Å². The van der Waals surface area contributed by atoms with Crippen molar-refractivity contribution in [3.63, 3.8) is 0 Å². The lowest BCUT2D eigenvalue weighted by molar-refractivity contribution is -0.120. The summed E-state index contributed by atoms with van der Waals surface area (Å²) in [6.45, 7) is 3.65. The van der Waals surface area contributed by atoms with Gasteiger partial charge in [-0.1, -0.05) is 57.3 Å². The summed E-state index contributed by atoms with van der Waals surface area (Å²) < 4.78 is 0.944. The number of hydrogen-bond acceptors (Lipinski definition) is 4. The number of imide groups is 1. The third-order valence-electron chi connectivity index (χ3n) is 5.56. The van der Waals surface area contributed by atoms with Crippen molar-refractivity contribution < 1.29 is 14.4 Å². The maximum Gasteiger partial charge on any atom is 0.283 e. The van der Waals surface area contributed by atoms with Gasteiger partial charge >= 0.3 is 0 Å². The Balaban J connectivity index is 1.44. The molecule has 2 N–H and O–H groups in total. The van der Waals surface area contributed by atoms with E-state index in [1.165, 1.54) is 0 Å². The summed E-state index contributed by atoms with van der Waals surface area (Å²) >= 11 is 15.8. The lowest BCUT2D eigenvalue weighted by Crippen LogP contribution is -2.32. The molecule has 0 aromatic heterocycles. The average molecular weight is 573 g/mol. The molecule has 0 saturated carbocycles. The summed E-state index contributed by atoms with van der Waals surface area (Å²) in [5, 5.41) is 6.08. The Labute approximate surface area is 221 Å². The van der Waals surface area contributed by atoms with Gasteiger partial charge in [0.2, 0.25) is 5.91 Å². The van der Waals surface area contributed by atoms with Crippen molar-refractivity contribution in [2.45, 2.75) is 20.3 Å². The van der Waals surface area contributed by atoms with Crippen LogP contribution in [0.4, 0.5) is 17.1 Å². The number of nitrogens with zero attached hydrogens (tertiary/aromatic N) is 1. The Bertz CT molecular complexity index is 1390. The van der Waals surface area contributed by atoms with Crippen molar-refractivity contribution in [1.29, 1.82) is 0 Å². The first-order valence-corrected chi connectivity index (χ1v) is 12.2. The van der Waals surface area contributed by atoms with Crippen molar-refractivity contribution in [3.8, 4) is 0 Å². The van der Waals surface area contributed by atoms with Gasteiger partial charge in [-0.15, -0.1) is 0 Å². The highest BCUT2D eigenvalue weighted by Gasteiger charge is 2.39. The van der Waals surface area contributed by atoms with Gasteiger partial charge in [0.05, 0.1) is 12.1 Å². The minimum absolute atomic E-state index is 0.0211. The van der Waals surface area contributed by atoms with Crippen molar-refractivity contribution in [1.82, 2.24) is 0 Å². The van der Waals surface area contributed by atoms with E-state index in [9.17, 15) is 14.4 Å². The van der Waals surface area contributed by atoms with Crippen LogP contribution >= 0.6 is 39.1 Å². The molecule has 1 heterocycles. The maximum atomic E-state index is 13.0. The van der Waals surface area contributed by atoms with E-state index >= 15 is 0 Å². The van der Waals surface area contributed by atoms with Gasteiger partial charge in [-0.05, 0) is 73.0 Å².